The van der Waals surface area contributed by atoms with Crippen LogP contribution in [-0.2, 0) is 7.05 Å². The first-order valence-electron chi connectivity index (χ1n) is 7.58. The molecule has 0 bridgehead atoms. The summed E-state index contributed by atoms with van der Waals surface area (Å²) in [4.78, 5) is 26.2. The molecule has 1 saturated heterocycles. The van der Waals surface area contributed by atoms with Crippen LogP contribution >= 0.6 is 0 Å². The van der Waals surface area contributed by atoms with E-state index in [9.17, 15) is 9.59 Å². The molecule has 1 aliphatic heterocycles. The minimum absolute atomic E-state index is 0.169. The number of aryl methyl sites for hydroxylation is 1. The standard InChI is InChI=1S/C17H19N3O2/c1-19-17(22)16(14-8-4-3-7-13(14)12-21)15(11-18-19)20-9-5-2-6-10-20/h3-4,7-8,11-12H,2,5-6,9-10H2,1H3. The number of hydrogen-bond acceptors (Lipinski definition) is 4. The van der Waals surface area contributed by atoms with Gasteiger partial charge in [0, 0.05) is 25.7 Å². The summed E-state index contributed by atoms with van der Waals surface area (Å²) < 4.78 is 1.32. The fraction of sp³-hybridized carbons (Fsp3) is 0.353. The van der Waals surface area contributed by atoms with Gasteiger partial charge in [-0.15, -0.1) is 0 Å². The van der Waals surface area contributed by atoms with Crippen molar-refractivity contribution in [3.05, 3.63) is 46.4 Å². The lowest BCUT2D eigenvalue weighted by atomic mass is 9.99. The molecular weight excluding hydrogens is 278 g/mol. The SMILES string of the molecule is Cn1ncc(N2CCCCC2)c(-c2ccccc2C=O)c1=O. The van der Waals surface area contributed by atoms with Crippen molar-refractivity contribution >= 4 is 12.0 Å². The molecule has 1 aromatic heterocycles. The third-order valence-corrected chi connectivity index (χ3v) is 4.17. The number of nitrogens with zero attached hydrogens (tertiary/aromatic N) is 3. The number of carbonyl (C=O) groups is 1. The Morgan fingerprint density at radius 1 is 1.14 bits per heavy atom. The van der Waals surface area contributed by atoms with Crippen LogP contribution in [0.25, 0.3) is 11.1 Å². The fourth-order valence-corrected chi connectivity index (χ4v) is 2.98. The van der Waals surface area contributed by atoms with E-state index in [1.807, 2.05) is 12.1 Å². The van der Waals surface area contributed by atoms with Crippen molar-refractivity contribution in [2.45, 2.75) is 19.3 Å². The Hall–Kier alpha value is -2.43. The molecule has 1 aromatic carbocycles. The predicted octanol–water partition coefficient (Wildman–Crippen LogP) is 2.25. The molecule has 114 valence electrons. The Morgan fingerprint density at radius 3 is 2.59 bits per heavy atom. The number of anilines is 1. The molecule has 5 nitrogen and oxygen atoms in total. The molecule has 0 aliphatic carbocycles. The molecule has 5 heteroatoms. The highest BCUT2D eigenvalue weighted by atomic mass is 16.1. The molecule has 0 radical (unpaired) electrons. The molecule has 1 aliphatic rings. The van der Waals surface area contributed by atoms with Crippen LogP contribution in [-0.4, -0.2) is 29.2 Å². The normalized spacial score (nSPS) is 14.9. The summed E-state index contributed by atoms with van der Waals surface area (Å²) in [6.07, 6.45) is 5.99. The topological polar surface area (TPSA) is 55.2 Å². The average molecular weight is 297 g/mol. The number of hydrogen-bond donors (Lipinski definition) is 0. The lowest BCUT2D eigenvalue weighted by molar-refractivity contribution is 0.112. The number of aromatic nitrogens is 2. The monoisotopic (exact) mass is 297 g/mol. The van der Waals surface area contributed by atoms with Gasteiger partial charge in [-0.3, -0.25) is 9.59 Å². The highest BCUT2D eigenvalue weighted by Crippen LogP contribution is 2.30. The van der Waals surface area contributed by atoms with Gasteiger partial charge in [0.05, 0.1) is 17.4 Å². The Morgan fingerprint density at radius 2 is 1.86 bits per heavy atom. The van der Waals surface area contributed by atoms with E-state index in [1.54, 1.807) is 25.4 Å². The average Bonchev–Trinajstić information content (AvgIpc) is 2.58. The van der Waals surface area contributed by atoms with E-state index in [0.717, 1.165) is 37.9 Å². The van der Waals surface area contributed by atoms with Crippen molar-refractivity contribution < 1.29 is 4.79 Å². The highest BCUT2D eigenvalue weighted by Gasteiger charge is 2.21. The largest absolute Gasteiger partial charge is 0.370 e. The van der Waals surface area contributed by atoms with Crippen molar-refractivity contribution in [1.29, 1.82) is 0 Å². The lowest BCUT2D eigenvalue weighted by Gasteiger charge is -2.30. The smallest absolute Gasteiger partial charge is 0.276 e. The molecule has 0 N–H and O–H groups in total. The summed E-state index contributed by atoms with van der Waals surface area (Å²) in [5.41, 5.74) is 2.45. The zero-order valence-electron chi connectivity index (χ0n) is 12.7. The summed E-state index contributed by atoms with van der Waals surface area (Å²) in [5.74, 6) is 0. The van der Waals surface area contributed by atoms with E-state index in [-0.39, 0.29) is 5.56 Å². The van der Waals surface area contributed by atoms with Crippen LogP contribution in [0.15, 0.2) is 35.3 Å². The van der Waals surface area contributed by atoms with Gasteiger partial charge in [0.15, 0.2) is 6.29 Å². The molecule has 3 rings (SSSR count). The van der Waals surface area contributed by atoms with Gasteiger partial charge in [0.25, 0.3) is 5.56 Å². The van der Waals surface area contributed by atoms with E-state index in [1.165, 1.54) is 11.1 Å². The van der Waals surface area contributed by atoms with E-state index in [0.29, 0.717) is 16.7 Å². The van der Waals surface area contributed by atoms with Crippen LogP contribution < -0.4 is 10.5 Å². The van der Waals surface area contributed by atoms with Crippen LogP contribution in [0.1, 0.15) is 29.6 Å². The molecule has 0 saturated carbocycles. The van der Waals surface area contributed by atoms with Crippen molar-refractivity contribution in [1.82, 2.24) is 9.78 Å². The van der Waals surface area contributed by atoms with E-state index < -0.39 is 0 Å². The highest BCUT2D eigenvalue weighted by molar-refractivity contribution is 5.91. The Kier molecular flexibility index (Phi) is 4.04. The maximum absolute atomic E-state index is 12.7. The zero-order chi connectivity index (χ0) is 15.5. The molecule has 0 amide bonds. The van der Waals surface area contributed by atoms with Crippen LogP contribution in [0.3, 0.4) is 0 Å². The Labute approximate surface area is 129 Å². The van der Waals surface area contributed by atoms with E-state index >= 15 is 0 Å². The number of aldehydes is 1. The minimum atomic E-state index is -0.169. The quantitative estimate of drug-likeness (QED) is 0.815. The van der Waals surface area contributed by atoms with Crippen molar-refractivity contribution in [2.75, 3.05) is 18.0 Å². The molecule has 1 fully saturated rings. The van der Waals surface area contributed by atoms with Gasteiger partial charge in [-0.1, -0.05) is 24.3 Å². The zero-order valence-corrected chi connectivity index (χ0v) is 12.7. The van der Waals surface area contributed by atoms with Crippen molar-refractivity contribution in [3.8, 4) is 11.1 Å². The van der Waals surface area contributed by atoms with Gasteiger partial charge in [0.2, 0.25) is 0 Å². The number of benzene rings is 1. The maximum atomic E-state index is 12.7. The first kappa shape index (κ1) is 14.5. The van der Waals surface area contributed by atoms with Crippen LogP contribution in [0, 0.1) is 0 Å². The van der Waals surface area contributed by atoms with Crippen LogP contribution in [0.4, 0.5) is 5.69 Å². The molecular formula is C17H19N3O2. The van der Waals surface area contributed by atoms with Gasteiger partial charge in [-0.05, 0) is 24.8 Å². The molecule has 0 unspecified atom stereocenters. The summed E-state index contributed by atoms with van der Waals surface area (Å²) in [6, 6.07) is 7.22. The van der Waals surface area contributed by atoms with Crippen molar-refractivity contribution in [3.63, 3.8) is 0 Å². The van der Waals surface area contributed by atoms with Gasteiger partial charge in [-0.25, -0.2) is 4.68 Å². The molecule has 2 heterocycles. The van der Waals surface area contributed by atoms with Gasteiger partial charge >= 0.3 is 0 Å². The lowest BCUT2D eigenvalue weighted by Crippen LogP contribution is -2.33. The summed E-state index contributed by atoms with van der Waals surface area (Å²) in [5, 5.41) is 4.17. The third kappa shape index (κ3) is 2.54. The number of rotatable bonds is 3. The molecule has 0 spiro atoms. The fourth-order valence-electron chi connectivity index (χ4n) is 2.98. The Balaban J connectivity index is 2.22. The van der Waals surface area contributed by atoms with Gasteiger partial charge in [-0.2, -0.15) is 5.10 Å². The number of piperidine rings is 1. The van der Waals surface area contributed by atoms with Gasteiger partial charge in [0.1, 0.15) is 0 Å². The molecule has 22 heavy (non-hydrogen) atoms. The summed E-state index contributed by atoms with van der Waals surface area (Å²) >= 11 is 0. The van der Waals surface area contributed by atoms with Crippen LogP contribution in [0.5, 0.6) is 0 Å². The Bertz CT molecular complexity index is 746. The third-order valence-electron chi connectivity index (χ3n) is 4.17. The summed E-state index contributed by atoms with van der Waals surface area (Å²) in [7, 11) is 1.63. The van der Waals surface area contributed by atoms with E-state index in [2.05, 4.69) is 10.00 Å². The second kappa shape index (κ2) is 6.13. The first-order chi connectivity index (χ1) is 10.7. The second-order valence-electron chi connectivity index (χ2n) is 5.59. The maximum Gasteiger partial charge on any atom is 0.276 e. The summed E-state index contributed by atoms with van der Waals surface area (Å²) in [6.45, 7) is 1.84. The second-order valence-corrected chi connectivity index (χ2v) is 5.59. The molecule has 2 aromatic rings. The molecule has 0 atom stereocenters. The minimum Gasteiger partial charge on any atom is -0.370 e. The first-order valence-corrected chi connectivity index (χ1v) is 7.58. The number of carbonyl (C=O) groups excluding carboxylic acids is 1. The van der Waals surface area contributed by atoms with E-state index in [4.69, 9.17) is 0 Å². The van der Waals surface area contributed by atoms with Crippen molar-refractivity contribution in [2.24, 2.45) is 7.05 Å². The van der Waals surface area contributed by atoms with Gasteiger partial charge < -0.3 is 4.90 Å². The predicted molar refractivity (Wildman–Crippen MR) is 86.4 cm³/mol. The van der Waals surface area contributed by atoms with Crippen LogP contribution in [0.2, 0.25) is 0 Å².